The Labute approximate surface area is 139 Å². The van der Waals surface area contributed by atoms with Gasteiger partial charge in [-0.15, -0.1) is 0 Å². The van der Waals surface area contributed by atoms with Crippen molar-refractivity contribution < 1.29 is 9.53 Å². The number of hydrogen-bond donors (Lipinski definition) is 1. The number of benzene rings is 1. The third-order valence-electron chi connectivity index (χ3n) is 5.53. The minimum Gasteiger partial charge on any atom is -0.481 e. The van der Waals surface area contributed by atoms with E-state index in [0.29, 0.717) is 17.9 Å². The summed E-state index contributed by atoms with van der Waals surface area (Å²) in [4.78, 5) is 12.5. The third kappa shape index (κ3) is 3.54. The average molecular weight is 315 g/mol. The zero-order valence-electron chi connectivity index (χ0n) is 14.8. The van der Waals surface area contributed by atoms with E-state index >= 15 is 0 Å². The summed E-state index contributed by atoms with van der Waals surface area (Å²) in [6.45, 7) is 8.21. The number of hydrogen-bond acceptors (Lipinski definition) is 2. The first kappa shape index (κ1) is 16.4. The fourth-order valence-corrected chi connectivity index (χ4v) is 4.19. The van der Waals surface area contributed by atoms with Crippen LogP contribution in [-0.2, 0) is 4.79 Å². The van der Waals surface area contributed by atoms with Gasteiger partial charge in [0.2, 0.25) is 0 Å². The lowest BCUT2D eigenvalue weighted by molar-refractivity contribution is -0.128. The molecule has 4 atom stereocenters. The second kappa shape index (κ2) is 6.54. The molecule has 1 aromatic carbocycles. The molecule has 0 aliphatic heterocycles. The molecule has 2 aliphatic rings. The molecule has 3 heteroatoms. The normalized spacial score (nSPS) is 27.3. The van der Waals surface area contributed by atoms with E-state index in [9.17, 15) is 4.79 Å². The van der Waals surface area contributed by atoms with Crippen LogP contribution < -0.4 is 10.1 Å². The van der Waals surface area contributed by atoms with Crippen molar-refractivity contribution in [2.75, 3.05) is 0 Å². The van der Waals surface area contributed by atoms with Crippen LogP contribution in [0.1, 0.15) is 63.5 Å². The number of aryl methyl sites for hydroxylation is 1. The summed E-state index contributed by atoms with van der Waals surface area (Å²) in [5.41, 5.74) is 2.32. The van der Waals surface area contributed by atoms with E-state index in [1.54, 1.807) is 0 Å². The molecule has 2 bridgehead atoms. The van der Waals surface area contributed by atoms with E-state index in [4.69, 9.17) is 4.74 Å². The van der Waals surface area contributed by atoms with Crippen molar-refractivity contribution in [1.82, 2.24) is 5.32 Å². The van der Waals surface area contributed by atoms with E-state index in [0.717, 1.165) is 29.2 Å². The van der Waals surface area contributed by atoms with Gasteiger partial charge in [-0.05, 0) is 68.1 Å². The van der Waals surface area contributed by atoms with Gasteiger partial charge in [0.25, 0.3) is 5.91 Å². The number of carbonyl (C=O) groups excluding carboxylic acids is 1. The molecule has 0 saturated heterocycles. The Bertz CT molecular complexity index is 581. The molecule has 2 aliphatic carbocycles. The molecule has 23 heavy (non-hydrogen) atoms. The maximum absolute atomic E-state index is 12.5. The molecule has 1 N–H and O–H groups in total. The van der Waals surface area contributed by atoms with Gasteiger partial charge in [0, 0.05) is 6.04 Å². The number of rotatable bonds is 5. The van der Waals surface area contributed by atoms with Gasteiger partial charge in [-0.1, -0.05) is 32.4 Å². The second-order valence-electron chi connectivity index (χ2n) is 7.75. The van der Waals surface area contributed by atoms with E-state index < -0.39 is 6.10 Å². The number of ether oxygens (including phenoxy) is 1. The lowest BCUT2D eigenvalue weighted by Crippen LogP contribution is -2.44. The van der Waals surface area contributed by atoms with Crippen LogP contribution in [0.25, 0.3) is 0 Å². The molecule has 1 aromatic rings. The summed E-state index contributed by atoms with van der Waals surface area (Å²) in [7, 11) is 0. The Morgan fingerprint density at radius 1 is 1.22 bits per heavy atom. The van der Waals surface area contributed by atoms with Crippen molar-refractivity contribution in [2.24, 2.45) is 11.8 Å². The topological polar surface area (TPSA) is 38.3 Å². The van der Waals surface area contributed by atoms with Crippen molar-refractivity contribution in [3.63, 3.8) is 0 Å². The first-order valence-electron chi connectivity index (χ1n) is 9.01. The molecular weight excluding hydrogens is 286 g/mol. The van der Waals surface area contributed by atoms with Crippen LogP contribution in [-0.4, -0.2) is 18.1 Å². The van der Waals surface area contributed by atoms with E-state index in [1.165, 1.54) is 19.3 Å². The molecule has 0 aromatic heterocycles. The minimum atomic E-state index is -0.451. The van der Waals surface area contributed by atoms with Crippen LogP contribution in [0.3, 0.4) is 0 Å². The molecule has 2 saturated carbocycles. The molecule has 1 amide bonds. The molecule has 126 valence electrons. The molecule has 0 spiro atoms. The van der Waals surface area contributed by atoms with Gasteiger partial charge >= 0.3 is 0 Å². The number of carbonyl (C=O) groups is 1. The Hall–Kier alpha value is -1.51. The summed E-state index contributed by atoms with van der Waals surface area (Å²) in [6, 6.07) is 6.61. The summed E-state index contributed by atoms with van der Waals surface area (Å²) < 4.78 is 6.03. The van der Waals surface area contributed by atoms with Gasteiger partial charge in [-0.25, -0.2) is 0 Å². The standard InChI is InChI=1S/C20H29NO2/c1-12(2)17-8-5-13(3)9-19(17)23-14(4)20(22)21-18-11-15-6-7-16(18)10-15/h5,8-9,12,14-16,18H,6-7,10-11H2,1-4H3,(H,21,22)/t14-,15-,16-,18-/m1/s1. The molecule has 2 fully saturated rings. The van der Waals surface area contributed by atoms with E-state index in [2.05, 4.69) is 38.2 Å². The summed E-state index contributed by atoms with van der Waals surface area (Å²) >= 11 is 0. The molecule has 0 heterocycles. The van der Waals surface area contributed by atoms with Crippen LogP contribution in [0.15, 0.2) is 18.2 Å². The van der Waals surface area contributed by atoms with Crippen molar-refractivity contribution >= 4 is 5.91 Å². The molecule has 0 unspecified atom stereocenters. The Kier molecular flexibility index (Phi) is 4.65. The number of amides is 1. The highest BCUT2D eigenvalue weighted by Gasteiger charge is 2.40. The van der Waals surface area contributed by atoms with Crippen LogP contribution >= 0.6 is 0 Å². The molecule has 0 radical (unpaired) electrons. The first-order chi connectivity index (χ1) is 10.9. The van der Waals surface area contributed by atoms with Gasteiger partial charge in [0.15, 0.2) is 6.10 Å². The zero-order chi connectivity index (χ0) is 16.6. The fourth-order valence-electron chi connectivity index (χ4n) is 4.19. The maximum atomic E-state index is 12.5. The van der Waals surface area contributed by atoms with Gasteiger partial charge in [0.05, 0.1) is 0 Å². The van der Waals surface area contributed by atoms with Crippen molar-refractivity contribution in [2.45, 2.75) is 71.4 Å². The quantitative estimate of drug-likeness (QED) is 0.885. The van der Waals surface area contributed by atoms with E-state index in [-0.39, 0.29) is 5.91 Å². The fraction of sp³-hybridized carbons (Fsp3) is 0.650. The predicted molar refractivity (Wildman–Crippen MR) is 92.7 cm³/mol. The Balaban J connectivity index is 1.63. The average Bonchev–Trinajstić information content (AvgIpc) is 3.09. The summed E-state index contributed by atoms with van der Waals surface area (Å²) in [5, 5.41) is 3.23. The molecule has 3 nitrogen and oxygen atoms in total. The third-order valence-corrected chi connectivity index (χ3v) is 5.53. The maximum Gasteiger partial charge on any atom is 0.261 e. The molecular formula is C20H29NO2. The highest BCUT2D eigenvalue weighted by Crippen LogP contribution is 2.44. The van der Waals surface area contributed by atoms with Crippen LogP contribution in [0.2, 0.25) is 0 Å². The lowest BCUT2D eigenvalue weighted by Gasteiger charge is -2.25. The van der Waals surface area contributed by atoms with Gasteiger partial charge in [0.1, 0.15) is 5.75 Å². The van der Waals surface area contributed by atoms with E-state index in [1.807, 2.05) is 13.0 Å². The first-order valence-corrected chi connectivity index (χ1v) is 9.01. The minimum absolute atomic E-state index is 0.0266. The summed E-state index contributed by atoms with van der Waals surface area (Å²) in [5.74, 6) is 2.79. The zero-order valence-corrected chi connectivity index (χ0v) is 14.8. The second-order valence-corrected chi connectivity index (χ2v) is 7.75. The van der Waals surface area contributed by atoms with Gasteiger partial charge in [-0.3, -0.25) is 4.79 Å². The molecule has 3 rings (SSSR count). The highest BCUT2D eigenvalue weighted by atomic mass is 16.5. The largest absolute Gasteiger partial charge is 0.481 e. The highest BCUT2D eigenvalue weighted by molar-refractivity contribution is 5.81. The van der Waals surface area contributed by atoms with Crippen molar-refractivity contribution in [3.05, 3.63) is 29.3 Å². The van der Waals surface area contributed by atoms with Crippen LogP contribution in [0.5, 0.6) is 5.75 Å². The summed E-state index contributed by atoms with van der Waals surface area (Å²) in [6.07, 6.45) is 4.64. The lowest BCUT2D eigenvalue weighted by atomic mass is 9.95. The van der Waals surface area contributed by atoms with Crippen molar-refractivity contribution in [1.29, 1.82) is 0 Å². The predicted octanol–water partition coefficient (Wildman–Crippen LogP) is 4.19. The van der Waals surface area contributed by atoms with Gasteiger partial charge in [-0.2, -0.15) is 0 Å². The van der Waals surface area contributed by atoms with Crippen LogP contribution in [0.4, 0.5) is 0 Å². The Morgan fingerprint density at radius 3 is 2.61 bits per heavy atom. The van der Waals surface area contributed by atoms with Crippen LogP contribution in [0, 0.1) is 18.8 Å². The number of nitrogens with one attached hydrogen (secondary N) is 1. The van der Waals surface area contributed by atoms with Gasteiger partial charge < -0.3 is 10.1 Å². The monoisotopic (exact) mass is 315 g/mol. The SMILES string of the molecule is Cc1ccc(C(C)C)c(O[C@H](C)C(=O)N[C@@H]2C[C@@H]3CC[C@@H]2C3)c1. The van der Waals surface area contributed by atoms with Crippen molar-refractivity contribution in [3.8, 4) is 5.75 Å². The number of fused-ring (bicyclic) bond motifs is 2. The smallest absolute Gasteiger partial charge is 0.261 e. The Morgan fingerprint density at radius 2 is 2.00 bits per heavy atom.